The molecule has 0 fully saturated rings. The number of ether oxygens (including phenoxy) is 2. The van der Waals surface area contributed by atoms with Gasteiger partial charge in [-0.25, -0.2) is 0 Å². The van der Waals surface area contributed by atoms with Crippen molar-refractivity contribution in [2.75, 3.05) is 13.2 Å². The first-order valence-corrected chi connectivity index (χ1v) is 6.69. The monoisotopic (exact) mass is 260 g/mol. The first kappa shape index (κ1) is 19.3. The Bertz CT molecular complexity index is 222. The maximum absolute atomic E-state index is 10.8. The molecule has 0 amide bonds. The van der Waals surface area contributed by atoms with E-state index < -0.39 is 0 Å². The Labute approximate surface area is 111 Å². The minimum absolute atomic E-state index is 0.00921. The van der Waals surface area contributed by atoms with Crippen LogP contribution >= 0.6 is 0 Å². The highest BCUT2D eigenvalue weighted by molar-refractivity contribution is 5.71. The van der Waals surface area contributed by atoms with Gasteiger partial charge in [-0.3, -0.25) is 9.59 Å². The lowest BCUT2D eigenvalue weighted by molar-refractivity contribution is -0.148. The largest absolute Gasteiger partial charge is 0.466 e. The number of hydrogen-bond donors (Lipinski definition) is 0. The lowest BCUT2D eigenvalue weighted by Gasteiger charge is -2.04. The van der Waals surface area contributed by atoms with Gasteiger partial charge in [0.2, 0.25) is 0 Å². The van der Waals surface area contributed by atoms with Crippen LogP contribution in [0.25, 0.3) is 0 Å². The highest BCUT2D eigenvalue weighted by atomic mass is 16.5. The van der Waals surface area contributed by atoms with Crippen molar-refractivity contribution < 1.29 is 19.1 Å². The van der Waals surface area contributed by atoms with Gasteiger partial charge in [-0.05, 0) is 13.3 Å². The lowest BCUT2D eigenvalue weighted by Crippen LogP contribution is -2.12. The van der Waals surface area contributed by atoms with Gasteiger partial charge in [-0.15, -0.1) is 0 Å². The fourth-order valence-corrected chi connectivity index (χ4v) is 0.793. The van der Waals surface area contributed by atoms with Crippen LogP contribution in [0.15, 0.2) is 0 Å². The zero-order valence-electron chi connectivity index (χ0n) is 12.6. The Morgan fingerprint density at radius 3 is 1.61 bits per heavy atom. The molecule has 0 aliphatic heterocycles. The standard InChI is InChI=1S/C8H16O2.C6H12O2/c1-4-5-6-10-8(9)7(2)3;1-4-8-6(7)5(2)3/h7H,4-6H2,1-3H3;5H,4H2,1-3H3. The quantitative estimate of drug-likeness (QED) is 0.543. The van der Waals surface area contributed by atoms with Gasteiger partial charge in [0.05, 0.1) is 25.0 Å². The van der Waals surface area contributed by atoms with E-state index in [1.54, 1.807) is 6.92 Å². The van der Waals surface area contributed by atoms with Crippen molar-refractivity contribution in [1.82, 2.24) is 0 Å². The molecule has 0 unspecified atom stereocenters. The number of rotatable bonds is 6. The molecule has 108 valence electrons. The highest BCUT2D eigenvalue weighted by Crippen LogP contribution is 1.97. The zero-order chi connectivity index (χ0) is 14.6. The number of esters is 2. The first-order valence-electron chi connectivity index (χ1n) is 6.69. The second kappa shape index (κ2) is 12.4. The average molecular weight is 260 g/mol. The van der Waals surface area contributed by atoms with Crippen molar-refractivity contribution in [3.8, 4) is 0 Å². The molecule has 0 saturated heterocycles. The fourth-order valence-electron chi connectivity index (χ4n) is 0.793. The molecule has 0 rings (SSSR count). The van der Waals surface area contributed by atoms with Crippen LogP contribution in [0, 0.1) is 11.8 Å². The maximum Gasteiger partial charge on any atom is 0.308 e. The van der Waals surface area contributed by atoms with E-state index in [0.717, 1.165) is 12.8 Å². The number of carbonyl (C=O) groups excluding carboxylic acids is 2. The van der Waals surface area contributed by atoms with Gasteiger partial charge in [0, 0.05) is 0 Å². The molecule has 18 heavy (non-hydrogen) atoms. The van der Waals surface area contributed by atoms with E-state index in [-0.39, 0.29) is 23.8 Å². The second-order valence-electron chi connectivity index (χ2n) is 4.58. The SMILES string of the molecule is CCCCOC(=O)C(C)C.CCOC(=O)C(C)C. The van der Waals surface area contributed by atoms with E-state index in [1.165, 1.54) is 0 Å². The fraction of sp³-hybridized carbons (Fsp3) is 0.857. The second-order valence-corrected chi connectivity index (χ2v) is 4.58. The van der Waals surface area contributed by atoms with E-state index in [1.807, 2.05) is 27.7 Å². The van der Waals surface area contributed by atoms with Crippen LogP contribution in [0.5, 0.6) is 0 Å². The summed E-state index contributed by atoms with van der Waals surface area (Å²) in [6, 6.07) is 0. The first-order chi connectivity index (χ1) is 8.36. The summed E-state index contributed by atoms with van der Waals surface area (Å²) in [7, 11) is 0. The Morgan fingerprint density at radius 2 is 1.33 bits per heavy atom. The topological polar surface area (TPSA) is 52.6 Å². The van der Waals surface area contributed by atoms with Crippen molar-refractivity contribution in [2.45, 2.75) is 54.4 Å². The molecule has 0 heterocycles. The summed E-state index contributed by atoms with van der Waals surface area (Å²) in [5, 5.41) is 0. The molecule has 4 heteroatoms. The number of unbranched alkanes of at least 4 members (excludes halogenated alkanes) is 1. The molecule has 0 aromatic rings. The predicted octanol–water partition coefficient (Wildman–Crippen LogP) is 3.19. The molecule has 0 spiro atoms. The third kappa shape index (κ3) is 13.0. The van der Waals surface area contributed by atoms with Crippen LogP contribution in [-0.4, -0.2) is 25.2 Å². The molecule has 0 saturated carbocycles. The van der Waals surface area contributed by atoms with Gasteiger partial charge in [0.15, 0.2) is 0 Å². The zero-order valence-corrected chi connectivity index (χ0v) is 12.6. The molecule has 0 aromatic carbocycles. The van der Waals surface area contributed by atoms with Gasteiger partial charge in [-0.1, -0.05) is 41.0 Å². The third-order valence-corrected chi connectivity index (χ3v) is 1.97. The normalized spacial score (nSPS) is 9.78. The maximum atomic E-state index is 10.8. The van der Waals surface area contributed by atoms with E-state index in [9.17, 15) is 9.59 Å². The van der Waals surface area contributed by atoms with Crippen LogP contribution in [-0.2, 0) is 19.1 Å². The Balaban J connectivity index is 0. The smallest absolute Gasteiger partial charge is 0.308 e. The van der Waals surface area contributed by atoms with Crippen molar-refractivity contribution in [3.05, 3.63) is 0 Å². The molecule has 0 N–H and O–H groups in total. The summed E-state index contributed by atoms with van der Waals surface area (Å²) in [4.78, 5) is 21.3. The molecule has 4 nitrogen and oxygen atoms in total. The van der Waals surface area contributed by atoms with E-state index >= 15 is 0 Å². The summed E-state index contributed by atoms with van der Waals surface area (Å²) in [5.41, 5.74) is 0. The Hall–Kier alpha value is -1.06. The van der Waals surface area contributed by atoms with Crippen LogP contribution in [0.2, 0.25) is 0 Å². The minimum atomic E-state index is -0.118. The van der Waals surface area contributed by atoms with Crippen LogP contribution in [0.1, 0.15) is 54.4 Å². The van der Waals surface area contributed by atoms with Crippen LogP contribution in [0.4, 0.5) is 0 Å². The van der Waals surface area contributed by atoms with Gasteiger partial charge in [0.1, 0.15) is 0 Å². The van der Waals surface area contributed by atoms with E-state index in [0.29, 0.717) is 13.2 Å². The lowest BCUT2D eigenvalue weighted by atomic mass is 10.2. The molecule has 0 aliphatic rings. The molecule has 0 aliphatic carbocycles. The number of hydrogen-bond acceptors (Lipinski definition) is 4. The predicted molar refractivity (Wildman–Crippen MR) is 72.2 cm³/mol. The summed E-state index contributed by atoms with van der Waals surface area (Å²) in [5.74, 6) is -0.187. The average Bonchev–Trinajstić information content (AvgIpc) is 2.30. The minimum Gasteiger partial charge on any atom is -0.466 e. The highest BCUT2D eigenvalue weighted by Gasteiger charge is 2.06. The van der Waals surface area contributed by atoms with Crippen LogP contribution in [0.3, 0.4) is 0 Å². The summed E-state index contributed by atoms with van der Waals surface area (Å²) in [6.45, 7) is 12.3. The molecule has 0 bridgehead atoms. The Morgan fingerprint density at radius 1 is 0.889 bits per heavy atom. The van der Waals surface area contributed by atoms with Gasteiger partial charge in [-0.2, -0.15) is 0 Å². The van der Waals surface area contributed by atoms with Crippen molar-refractivity contribution >= 4 is 11.9 Å². The van der Waals surface area contributed by atoms with Gasteiger partial charge < -0.3 is 9.47 Å². The Kier molecular flexibility index (Phi) is 13.3. The molecule has 0 aromatic heterocycles. The number of carbonyl (C=O) groups is 2. The van der Waals surface area contributed by atoms with Crippen molar-refractivity contribution in [3.63, 3.8) is 0 Å². The molecule has 0 atom stereocenters. The van der Waals surface area contributed by atoms with Gasteiger partial charge in [0.25, 0.3) is 0 Å². The van der Waals surface area contributed by atoms with Crippen LogP contribution < -0.4 is 0 Å². The molecule has 0 radical (unpaired) electrons. The summed E-state index contributed by atoms with van der Waals surface area (Å²) >= 11 is 0. The van der Waals surface area contributed by atoms with Crippen molar-refractivity contribution in [1.29, 1.82) is 0 Å². The van der Waals surface area contributed by atoms with Gasteiger partial charge >= 0.3 is 11.9 Å². The molecular formula is C14H28O4. The van der Waals surface area contributed by atoms with E-state index in [2.05, 4.69) is 11.7 Å². The summed E-state index contributed by atoms with van der Waals surface area (Å²) in [6.07, 6.45) is 2.05. The van der Waals surface area contributed by atoms with Crippen molar-refractivity contribution in [2.24, 2.45) is 11.8 Å². The third-order valence-electron chi connectivity index (χ3n) is 1.97. The summed E-state index contributed by atoms with van der Waals surface area (Å²) < 4.78 is 9.57. The van der Waals surface area contributed by atoms with E-state index in [4.69, 9.17) is 4.74 Å². The molecular weight excluding hydrogens is 232 g/mol.